The number of carboxylic acid groups (broad SMARTS) is 1. The maximum atomic E-state index is 12.0. The number of aryl methyl sites for hydroxylation is 1. The molecule has 0 aliphatic heterocycles. The molecule has 1 aromatic carbocycles. The molecule has 0 fully saturated rings. The minimum Gasteiger partial charge on any atom is -0.493 e. The fourth-order valence-corrected chi connectivity index (χ4v) is 2.01. The molecule has 0 aliphatic carbocycles. The number of hydrogen-bond donors (Lipinski definition) is 1. The zero-order chi connectivity index (χ0) is 15.7. The molecule has 5 nitrogen and oxygen atoms in total. The summed E-state index contributed by atoms with van der Waals surface area (Å²) in [5, 5.41) is 8.79. The second-order valence-electron chi connectivity index (χ2n) is 4.93. The van der Waals surface area contributed by atoms with Gasteiger partial charge in [0.25, 0.3) is 0 Å². The quantitative estimate of drug-likeness (QED) is 0.710. The monoisotopic (exact) mass is 293 g/mol. The summed E-state index contributed by atoms with van der Waals surface area (Å²) in [4.78, 5) is 24.1. The summed E-state index contributed by atoms with van der Waals surface area (Å²) in [5.41, 5.74) is 1.06. The maximum Gasteiger partial charge on any atom is 0.323 e. The van der Waals surface area contributed by atoms with Crippen molar-refractivity contribution in [3.8, 4) is 5.75 Å². The third-order valence-electron chi connectivity index (χ3n) is 3.06. The van der Waals surface area contributed by atoms with Crippen molar-refractivity contribution >= 4 is 11.9 Å². The van der Waals surface area contributed by atoms with Crippen molar-refractivity contribution in [2.75, 3.05) is 19.7 Å². The van der Waals surface area contributed by atoms with Gasteiger partial charge in [-0.15, -0.1) is 0 Å². The topological polar surface area (TPSA) is 66.8 Å². The molecule has 0 aliphatic rings. The SMILES string of the molecule is CCCN(CC(=O)O)C(=O)CCCOc1ccccc1C. The van der Waals surface area contributed by atoms with Gasteiger partial charge >= 0.3 is 5.97 Å². The molecular weight excluding hydrogens is 270 g/mol. The highest BCUT2D eigenvalue weighted by atomic mass is 16.5. The molecule has 5 heteroatoms. The van der Waals surface area contributed by atoms with Crippen molar-refractivity contribution < 1.29 is 19.4 Å². The number of rotatable bonds is 9. The van der Waals surface area contributed by atoms with Crippen LogP contribution in [0.5, 0.6) is 5.75 Å². The van der Waals surface area contributed by atoms with Gasteiger partial charge in [0, 0.05) is 13.0 Å². The van der Waals surface area contributed by atoms with E-state index >= 15 is 0 Å². The smallest absolute Gasteiger partial charge is 0.323 e. The van der Waals surface area contributed by atoms with Crippen LogP contribution in [0.15, 0.2) is 24.3 Å². The Hall–Kier alpha value is -2.04. The molecule has 0 bridgehead atoms. The van der Waals surface area contributed by atoms with Crippen LogP contribution in [0.1, 0.15) is 31.7 Å². The zero-order valence-corrected chi connectivity index (χ0v) is 12.7. The number of nitrogens with zero attached hydrogens (tertiary/aromatic N) is 1. The van der Waals surface area contributed by atoms with Crippen LogP contribution in [0.4, 0.5) is 0 Å². The Morgan fingerprint density at radius 2 is 2.00 bits per heavy atom. The Kier molecular flexibility index (Phi) is 7.29. The van der Waals surface area contributed by atoms with Gasteiger partial charge in [0.1, 0.15) is 12.3 Å². The Labute approximate surface area is 125 Å². The standard InChI is InChI=1S/C16H23NO4/c1-3-10-17(12-16(19)20)15(18)9-6-11-21-14-8-5-4-7-13(14)2/h4-5,7-8H,3,6,9-12H2,1-2H3,(H,19,20). The summed E-state index contributed by atoms with van der Waals surface area (Å²) in [6.07, 6.45) is 1.63. The average Bonchev–Trinajstić information content (AvgIpc) is 2.44. The van der Waals surface area contributed by atoms with Crippen LogP contribution in [-0.2, 0) is 9.59 Å². The van der Waals surface area contributed by atoms with Crippen LogP contribution in [-0.4, -0.2) is 41.6 Å². The molecule has 0 saturated heterocycles. The lowest BCUT2D eigenvalue weighted by Gasteiger charge is -2.19. The highest BCUT2D eigenvalue weighted by Crippen LogP contribution is 2.16. The molecule has 1 amide bonds. The first kappa shape index (κ1) is 17.0. The van der Waals surface area contributed by atoms with Crippen LogP contribution >= 0.6 is 0 Å². The predicted molar refractivity (Wildman–Crippen MR) is 80.4 cm³/mol. The van der Waals surface area contributed by atoms with E-state index in [-0.39, 0.29) is 12.5 Å². The number of para-hydroxylation sites is 1. The molecular formula is C16H23NO4. The van der Waals surface area contributed by atoms with Gasteiger partial charge in [-0.2, -0.15) is 0 Å². The second-order valence-corrected chi connectivity index (χ2v) is 4.93. The van der Waals surface area contributed by atoms with E-state index in [2.05, 4.69) is 0 Å². The normalized spacial score (nSPS) is 10.2. The zero-order valence-electron chi connectivity index (χ0n) is 12.7. The van der Waals surface area contributed by atoms with Crippen LogP contribution in [0, 0.1) is 6.92 Å². The lowest BCUT2D eigenvalue weighted by Crippen LogP contribution is -2.36. The molecule has 21 heavy (non-hydrogen) atoms. The fourth-order valence-electron chi connectivity index (χ4n) is 2.01. The van der Waals surface area contributed by atoms with Gasteiger partial charge in [-0.1, -0.05) is 25.1 Å². The minimum atomic E-state index is -0.979. The van der Waals surface area contributed by atoms with Gasteiger partial charge < -0.3 is 14.7 Å². The van der Waals surface area contributed by atoms with E-state index in [0.717, 1.165) is 17.7 Å². The van der Waals surface area contributed by atoms with Crippen molar-refractivity contribution in [3.63, 3.8) is 0 Å². The molecule has 0 aromatic heterocycles. The summed E-state index contributed by atoms with van der Waals surface area (Å²) in [5.74, 6) is -0.290. The molecule has 0 saturated carbocycles. The van der Waals surface area contributed by atoms with Gasteiger partial charge in [-0.3, -0.25) is 9.59 Å². The molecule has 0 atom stereocenters. The van der Waals surface area contributed by atoms with Crippen molar-refractivity contribution in [1.82, 2.24) is 4.90 Å². The first-order chi connectivity index (χ1) is 10.0. The van der Waals surface area contributed by atoms with Crippen molar-refractivity contribution in [2.24, 2.45) is 0 Å². The summed E-state index contributed by atoms with van der Waals surface area (Å²) < 4.78 is 5.62. The number of hydrogen-bond acceptors (Lipinski definition) is 3. The number of aliphatic carboxylic acids is 1. The largest absolute Gasteiger partial charge is 0.493 e. The Balaban J connectivity index is 2.35. The van der Waals surface area contributed by atoms with E-state index in [1.165, 1.54) is 4.90 Å². The summed E-state index contributed by atoms with van der Waals surface area (Å²) in [7, 11) is 0. The van der Waals surface area contributed by atoms with E-state index < -0.39 is 5.97 Å². The number of benzene rings is 1. The van der Waals surface area contributed by atoms with Gasteiger partial charge in [0.15, 0.2) is 0 Å². The van der Waals surface area contributed by atoms with Gasteiger partial charge in [0.05, 0.1) is 6.61 Å². The van der Waals surface area contributed by atoms with Crippen LogP contribution in [0.3, 0.4) is 0 Å². The Morgan fingerprint density at radius 3 is 2.62 bits per heavy atom. The highest BCUT2D eigenvalue weighted by Gasteiger charge is 2.15. The third-order valence-corrected chi connectivity index (χ3v) is 3.06. The molecule has 1 N–H and O–H groups in total. The van der Waals surface area contributed by atoms with E-state index in [1.54, 1.807) is 0 Å². The summed E-state index contributed by atoms with van der Waals surface area (Å²) in [6, 6.07) is 7.71. The van der Waals surface area contributed by atoms with E-state index in [4.69, 9.17) is 9.84 Å². The lowest BCUT2D eigenvalue weighted by atomic mass is 10.2. The van der Waals surface area contributed by atoms with Gasteiger partial charge in [-0.05, 0) is 31.4 Å². The van der Waals surface area contributed by atoms with E-state index in [0.29, 0.717) is 26.0 Å². The molecule has 116 valence electrons. The number of carboxylic acids is 1. The fraction of sp³-hybridized carbons (Fsp3) is 0.500. The number of ether oxygens (including phenoxy) is 1. The van der Waals surface area contributed by atoms with Gasteiger partial charge in [0.2, 0.25) is 5.91 Å². The minimum absolute atomic E-state index is 0.132. The molecule has 0 unspecified atom stereocenters. The van der Waals surface area contributed by atoms with Crippen LogP contribution in [0.25, 0.3) is 0 Å². The van der Waals surface area contributed by atoms with Crippen molar-refractivity contribution in [3.05, 3.63) is 29.8 Å². The summed E-state index contributed by atoms with van der Waals surface area (Å²) >= 11 is 0. The summed E-state index contributed by atoms with van der Waals surface area (Å²) in [6.45, 7) is 4.58. The second kappa shape index (κ2) is 9.00. The number of carbonyl (C=O) groups is 2. The maximum absolute atomic E-state index is 12.0. The molecule has 0 radical (unpaired) electrons. The average molecular weight is 293 g/mol. The third kappa shape index (κ3) is 6.29. The van der Waals surface area contributed by atoms with Crippen LogP contribution in [0.2, 0.25) is 0 Å². The number of amides is 1. The molecule has 0 heterocycles. The first-order valence-electron chi connectivity index (χ1n) is 7.22. The Bertz CT molecular complexity index is 473. The van der Waals surface area contributed by atoms with E-state index in [1.807, 2.05) is 38.1 Å². The molecule has 1 rings (SSSR count). The Morgan fingerprint density at radius 1 is 1.29 bits per heavy atom. The van der Waals surface area contributed by atoms with Crippen molar-refractivity contribution in [1.29, 1.82) is 0 Å². The molecule has 1 aromatic rings. The number of carbonyl (C=O) groups excluding carboxylic acids is 1. The van der Waals surface area contributed by atoms with Crippen LogP contribution < -0.4 is 4.74 Å². The molecule has 0 spiro atoms. The van der Waals surface area contributed by atoms with E-state index in [9.17, 15) is 9.59 Å². The highest BCUT2D eigenvalue weighted by molar-refractivity contribution is 5.81. The predicted octanol–water partition coefficient (Wildman–Crippen LogP) is 2.48. The van der Waals surface area contributed by atoms with Crippen molar-refractivity contribution in [2.45, 2.75) is 33.1 Å². The lowest BCUT2D eigenvalue weighted by molar-refractivity contribution is -0.144. The first-order valence-corrected chi connectivity index (χ1v) is 7.22. The van der Waals surface area contributed by atoms with Gasteiger partial charge in [-0.25, -0.2) is 0 Å².